The molecule has 0 aliphatic rings. The number of nitrogens with two attached hydrogens (primary N) is 1. The van der Waals surface area contributed by atoms with Gasteiger partial charge in [0.2, 0.25) is 11.8 Å². The molecule has 2 rings (SSSR count). The second-order valence-electron chi connectivity index (χ2n) is 5.29. The van der Waals surface area contributed by atoms with Crippen LogP contribution in [0.25, 0.3) is 0 Å². The minimum atomic E-state index is -1.00. The van der Waals surface area contributed by atoms with E-state index in [0.29, 0.717) is 10.6 Å². The second-order valence-corrected chi connectivity index (χ2v) is 6.13. The molecule has 1 aromatic carbocycles. The summed E-state index contributed by atoms with van der Waals surface area (Å²) < 4.78 is 1.10. The molecule has 1 aromatic heterocycles. The van der Waals surface area contributed by atoms with Crippen LogP contribution >= 0.6 is 23.2 Å². The maximum Gasteiger partial charge on any atom is 0.328 e. The van der Waals surface area contributed by atoms with Gasteiger partial charge in [-0.05, 0) is 17.7 Å². The van der Waals surface area contributed by atoms with E-state index in [-0.39, 0.29) is 17.1 Å². The first-order valence-corrected chi connectivity index (χ1v) is 7.78. The second kappa shape index (κ2) is 7.54. The third-order valence-corrected chi connectivity index (χ3v) is 4.02. The van der Waals surface area contributed by atoms with Crippen LogP contribution in [-0.4, -0.2) is 21.4 Å². The molecule has 1 unspecified atom stereocenters. The number of rotatable bonds is 5. The summed E-state index contributed by atoms with van der Waals surface area (Å²) in [5.74, 6) is -2.40. The SMILES string of the molecule is Cn1cc(NC(=O)CC(C(N)=O)c2ccc(Cl)cc2Cl)c(=O)[nH]c1=O. The Morgan fingerprint density at radius 1 is 1.32 bits per heavy atom. The number of benzene rings is 1. The van der Waals surface area contributed by atoms with E-state index in [1.54, 1.807) is 0 Å². The predicted octanol–water partition coefficient (Wildman–Crippen LogP) is 0.978. The number of anilines is 1. The van der Waals surface area contributed by atoms with Crippen molar-refractivity contribution >= 4 is 40.7 Å². The maximum atomic E-state index is 12.2. The number of nitrogens with one attached hydrogen (secondary N) is 2. The van der Waals surface area contributed by atoms with Gasteiger partial charge in [-0.2, -0.15) is 0 Å². The lowest BCUT2D eigenvalue weighted by molar-refractivity contribution is -0.123. The van der Waals surface area contributed by atoms with Gasteiger partial charge in [0, 0.05) is 29.7 Å². The number of nitrogens with zero attached hydrogens (tertiary/aromatic N) is 1. The van der Waals surface area contributed by atoms with Crippen molar-refractivity contribution in [1.29, 1.82) is 0 Å². The molecule has 0 spiro atoms. The summed E-state index contributed by atoms with van der Waals surface area (Å²) in [5, 5.41) is 2.92. The molecule has 0 bridgehead atoms. The Bertz CT molecular complexity index is 951. The highest BCUT2D eigenvalue weighted by molar-refractivity contribution is 6.35. The number of hydrogen-bond donors (Lipinski definition) is 3. The molecule has 25 heavy (non-hydrogen) atoms. The van der Waals surface area contributed by atoms with Crippen molar-refractivity contribution in [3.05, 3.63) is 60.8 Å². The number of H-pyrrole nitrogens is 1. The van der Waals surface area contributed by atoms with Crippen LogP contribution < -0.4 is 22.3 Å². The Morgan fingerprint density at radius 2 is 2.00 bits per heavy atom. The van der Waals surface area contributed by atoms with Crippen molar-refractivity contribution < 1.29 is 9.59 Å². The van der Waals surface area contributed by atoms with Crippen molar-refractivity contribution in [2.24, 2.45) is 12.8 Å². The standard InChI is InChI=1S/C15H14Cl2N4O4/c1-21-6-11(14(24)20-15(21)25)19-12(22)5-9(13(18)23)8-3-2-7(16)4-10(8)17/h2-4,6,9H,5H2,1H3,(H2,18,23)(H,19,22)(H,20,24,25). The molecule has 0 radical (unpaired) electrons. The molecule has 0 fully saturated rings. The average molecular weight is 385 g/mol. The fraction of sp³-hybridized carbons (Fsp3) is 0.200. The van der Waals surface area contributed by atoms with Crippen LogP contribution in [0.5, 0.6) is 0 Å². The quantitative estimate of drug-likeness (QED) is 0.709. The van der Waals surface area contributed by atoms with Crippen LogP contribution in [0.1, 0.15) is 17.9 Å². The number of amides is 2. The summed E-state index contributed by atoms with van der Waals surface area (Å²) in [4.78, 5) is 49.0. The van der Waals surface area contributed by atoms with Crippen molar-refractivity contribution in [3.63, 3.8) is 0 Å². The predicted molar refractivity (Wildman–Crippen MR) is 93.9 cm³/mol. The minimum absolute atomic E-state index is 0.127. The normalized spacial score (nSPS) is 11.8. The van der Waals surface area contributed by atoms with Gasteiger partial charge in [-0.25, -0.2) is 4.79 Å². The van der Waals surface area contributed by atoms with Crippen LogP contribution in [0.3, 0.4) is 0 Å². The highest BCUT2D eigenvalue weighted by Gasteiger charge is 2.24. The fourth-order valence-corrected chi connectivity index (χ4v) is 2.73. The highest BCUT2D eigenvalue weighted by atomic mass is 35.5. The van der Waals surface area contributed by atoms with E-state index < -0.39 is 29.0 Å². The zero-order valence-electron chi connectivity index (χ0n) is 13.0. The van der Waals surface area contributed by atoms with Crippen LogP contribution in [0.15, 0.2) is 34.0 Å². The fourth-order valence-electron chi connectivity index (χ4n) is 2.19. The van der Waals surface area contributed by atoms with Gasteiger partial charge in [-0.1, -0.05) is 29.3 Å². The number of hydrogen-bond acceptors (Lipinski definition) is 4. The number of carbonyl (C=O) groups excluding carboxylic acids is 2. The van der Waals surface area contributed by atoms with E-state index in [4.69, 9.17) is 28.9 Å². The lowest BCUT2D eigenvalue weighted by Crippen LogP contribution is -2.32. The zero-order valence-corrected chi connectivity index (χ0v) is 14.5. The van der Waals surface area contributed by atoms with Crippen molar-refractivity contribution in [2.75, 3.05) is 5.32 Å². The first kappa shape index (κ1) is 18.8. The van der Waals surface area contributed by atoms with Gasteiger partial charge in [-0.15, -0.1) is 0 Å². The molecular formula is C15H14Cl2N4O4. The van der Waals surface area contributed by atoms with Crippen LogP contribution in [0.2, 0.25) is 10.0 Å². The van der Waals surface area contributed by atoms with Gasteiger partial charge in [0.1, 0.15) is 5.69 Å². The van der Waals surface area contributed by atoms with E-state index >= 15 is 0 Å². The van der Waals surface area contributed by atoms with E-state index in [9.17, 15) is 19.2 Å². The van der Waals surface area contributed by atoms with Gasteiger partial charge in [0.25, 0.3) is 5.56 Å². The molecular weight excluding hydrogens is 371 g/mol. The molecule has 0 saturated carbocycles. The van der Waals surface area contributed by atoms with E-state index in [1.165, 1.54) is 31.4 Å². The molecule has 1 heterocycles. The third kappa shape index (κ3) is 4.49. The summed E-state index contributed by atoms with van der Waals surface area (Å²) in [5.41, 5.74) is 4.22. The van der Waals surface area contributed by atoms with Gasteiger partial charge in [0.15, 0.2) is 0 Å². The van der Waals surface area contributed by atoms with E-state index in [2.05, 4.69) is 5.32 Å². The molecule has 1 atom stereocenters. The Labute approximate surface area is 151 Å². The summed E-state index contributed by atoms with van der Waals surface area (Å²) in [6, 6.07) is 4.46. The molecule has 4 N–H and O–H groups in total. The topological polar surface area (TPSA) is 127 Å². The zero-order chi connectivity index (χ0) is 18.7. The van der Waals surface area contributed by atoms with Gasteiger partial charge < -0.3 is 15.6 Å². The number of primary amides is 1. The number of aromatic nitrogens is 2. The Morgan fingerprint density at radius 3 is 2.60 bits per heavy atom. The highest BCUT2D eigenvalue weighted by Crippen LogP contribution is 2.29. The minimum Gasteiger partial charge on any atom is -0.369 e. The van der Waals surface area contributed by atoms with Crippen LogP contribution in [0, 0.1) is 0 Å². The monoisotopic (exact) mass is 384 g/mol. The molecule has 0 aliphatic heterocycles. The van der Waals surface area contributed by atoms with Gasteiger partial charge >= 0.3 is 5.69 Å². The third-order valence-electron chi connectivity index (χ3n) is 3.45. The molecule has 132 valence electrons. The largest absolute Gasteiger partial charge is 0.369 e. The molecule has 2 amide bonds. The summed E-state index contributed by atoms with van der Waals surface area (Å²) in [6.07, 6.45) is 0.840. The number of carbonyl (C=O) groups is 2. The average Bonchev–Trinajstić information content (AvgIpc) is 2.50. The molecule has 10 heteroatoms. The van der Waals surface area contributed by atoms with Crippen LogP contribution in [-0.2, 0) is 16.6 Å². The van der Waals surface area contributed by atoms with Gasteiger partial charge in [0.05, 0.1) is 5.92 Å². The molecule has 0 aliphatic carbocycles. The first-order chi connectivity index (χ1) is 11.7. The number of aromatic amines is 1. The first-order valence-electron chi connectivity index (χ1n) is 7.03. The Hall–Kier alpha value is -2.58. The summed E-state index contributed by atoms with van der Waals surface area (Å²) in [6.45, 7) is 0. The lowest BCUT2D eigenvalue weighted by Gasteiger charge is -2.15. The van der Waals surface area contributed by atoms with Crippen molar-refractivity contribution in [3.8, 4) is 0 Å². The smallest absolute Gasteiger partial charge is 0.328 e. The maximum absolute atomic E-state index is 12.2. The van der Waals surface area contributed by atoms with E-state index in [1.807, 2.05) is 4.98 Å². The lowest BCUT2D eigenvalue weighted by atomic mass is 9.94. The Kier molecular flexibility index (Phi) is 5.66. The van der Waals surface area contributed by atoms with E-state index in [0.717, 1.165) is 4.57 Å². The van der Waals surface area contributed by atoms with Crippen molar-refractivity contribution in [2.45, 2.75) is 12.3 Å². The van der Waals surface area contributed by atoms with Crippen molar-refractivity contribution in [1.82, 2.24) is 9.55 Å². The molecule has 8 nitrogen and oxygen atoms in total. The summed E-state index contributed by atoms with van der Waals surface area (Å²) in [7, 11) is 1.41. The Balaban J connectivity index is 2.24. The molecule has 2 aromatic rings. The van der Waals surface area contributed by atoms with Crippen LogP contribution in [0.4, 0.5) is 5.69 Å². The summed E-state index contributed by atoms with van der Waals surface area (Å²) >= 11 is 11.9. The van der Waals surface area contributed by atoms with Gasteiger partial charge in [-0.3, -0.25) is 19.4 Å². The number of halogens is 2. The number of aryl methyl sites for hydroxylation is 1. The molecule has 0 saturated heterocycles.